The van der Waals surface area contributed by atoms with Crippen LogP contribution in [0.1, 0.15) is 13.8 Å². The predicted molar refractivity (Wildman–Crippen MR) is 80.7 cm³/mol. The molecule has 1 aliphatic rings. The van der Waals surface area contributed by atoms with Gasteiger partial charge in [-0.1, -0.05) is 0 Å². The highest BCUT2D eigenvalue weighted by molar-refractivity contribution is 7.89. The first-order chi connectivity index (χ1) is 9.93. The number of carbonyl (C=O) groups excluding carboxylic acids is 1. The minimum atomic E-state index is -3.43. The van der Waals surface area contributed by atoms with Gasteiger partial charge in [-0.15, -0.1) is 0 Å². The van der Waals surface area contributed by atoms with Gasteiger partial charge >= 0.3 is 0 Å². The maximum Gasteiger partial charge on any atom is 0.243 e. The van der Waals surface area contributed by atoms with Crippen molar-refractivity contribution < 1.29 is 18.1 Å². The Bertz CT molecular complexity index is 590. The lowest BCUT2D eigenvalue weighted by molar-refractivity contribution is -0.901. The number of hydrogen-bond acceptors (Lipinski definition) is 3. The van der Waals surface area contributed by atoms with Gasteiger partial charge in [-0.2, -0.15) is 4.31 Å². The Morgan fingerprint density at radius 2 is 1.81 bits per heavy atom. The predicted octanol–water partition coefficient (Wildman–Crippen LogP) is -0.446. The van der Waals surface area contributed by atoms with Crippen molar-refractivity contribution in [2.75, 3.05) is 38.0 Å². The van der Waals surface area contributed by atoms with Crippen molar-refractivity contribution in [2.24, 2.45) is 0 Å². The fraction of sp³-hybridized carbons (Fsp3) is 0.500. The molecule has 1 aromatic carbocycles. The molecule has 6 nitrogen and oxygen atoms in total. The average Bonchev–Trinajstić information content (AvgIpc) is 2.47. The second kappa shape index (κ2) is 6.55. The van der Waals surface area contributed by atoms with Gasteiger partial charge in [-0.3, -0.25) is 4.79 Å². The number of likely N-dealkylation sites (N-methyl/N-ethyl adjacent to an activating group) is 1. The molecule has 21 heavy (non-hydrogen) atoms. The maximum atomic E-state index is 12.5. The standard InChI is InChI=1S/C14H21N3O3S/c1-3-16-8-10-17(11-9-16)21(19,20)14-6-4-13(5-7-14)15-12(2)18/h4-7H,3,8-11H2,1-2H3,(H,15,18)/p+1. The van der Waals surface area contributed by atoms with Crippen LogP contribution >= 0.6 is 0 Å². The molecule has 116 valence electrons. The van der Waals surface area contributed by atoms with Crippen LogP contribution in [0.25, 0.3) is 0 Å². The largest absolute Gasteiger partial charge is 0.333 e. The van der Waals surface area contributed by atoms with Gasteiger partial charge in [0.25, 0.3) is 0 Å². The van der Waals surface area contributed by atoms with Gasteiger partial charge in [-0.05, 0) is 31.2 Å². The summed E-state index contributed by atoms with van der Waals surface area (Å²) in [6, 6.07) is 6.31. The Balaban J connectivity index is 2.11. The van der Waals surface area contributed by atoms with Crippen LogP contribution in [0.5, 0.6) is 0 Å². The molecule has 2 rings (SSSR count). The Morgan fingerprint density at radius 3 is 2.29 bits per heavy atom. The molecule has 1 amide bonds. The number of rotatable bonds is 4. The van der Waals surface area contributed by atoms with E-state index in [2.05, 4.69) is 12.2 Å². The molecule has 0 unspecified atom stereocenters. The molecule has 0 aliphatic carbocycles. The first-order valence-electron chi connectivity index (χ1n) is 7.15. The fourth-order valence-electron chi connectivity index (χ4n) is 2.46. The molecule has 0 atom stereocenters. The molecule has 1 aromatic rings. The van der Waals surface area contributed by atoms with Gasteiger partial charge in [0, 0.05) is 12.6 Å². The van der Waals surface area contributed by atoms with Crippen LogP contribution < -0.4 is 10.2 Å². The third kappa shape index (κ3) is 3.81. The Kier molecular flexibility index (Phi) is 4.97. The lowest BCUT2D eigenvalue weighted by Gasteiger charge is -2.30. The number of nitrogens with one attached hydrogen (secondary N) is 2. The lowest BCUT2D eigenvalue weighted by atomic mass is 10.3. The zero-order valence-corrected chi connectivity index (χ0v) is 13.2. The molecule has 1 aliphatic heterocycles. The number of benzene rings is 1. The number of piperazine rings is 1. The molecule has 0 spiro atoms. The summed E-state index contributed by atoms with van der Waals surface area (Å²) in [6.07, 6.45) is 0. The van der Waals surface area contributed by atoms with E-state index in [1.165, 1.54) is 11.8 Å². The van der Waals surface area contributed by atoms with E-state index in [0.29, 0.717) is 18.8 Å². The molecular formula is C14H22N3O3S+. The van der Waals surface area contributed by atoms with Gasteiger partial charge in [0.15, 0.2) is 0 Å². The molecule has 1 heterocycles. The summed E-state index contributed by atoms with van der Waals surface area (Å²) in [6.45, 7) is 7.36. The highest BCUT2D eigenvalue weighted by Gasteiger charge is 2.29. The number of sulfonamides is 1. The van der Waals surface area contributed by atoms with Crippen LogP contribution in [0.15, 0.2) is 29.2 Å². The van der Waals surface area contributed by atoms with Crippen molar-refractivity contribution in [1.29, 1.82) is 0 Å². The molecule has 7 heteroatoms. The maximum absolute atomic E-state index is 12.5. The lowest BCUT2D eigenvalue weighted by Crippen LogP contribution is -3.14. The molecular weight excluding hydrogens is 290 g/mol. The van der Waals surface area contributed by atoms with E-state index >= 15 is 0 Å². The second-order valence-electron chi connectivity index (χ2n) is 5.21. The molecule has 0 bridgehead atoms. The van der Waals surface area contributed by atoms with E-state index < -0.39 is 10.0 Å². The van der Waals surface area contributed by atoms with Gasteiger partial charge in [0.1, 0.15) is 0 Å². The first kappa shape index (κ1) is 15.9. The van der Waals surface area contributed by atoms with Crippen molar-refractivity contribution in [3.05, 3.63) is 24.3 Å². The Morgan fingerprint density at radius 1 is 1.24 bits per heavy atom. The Hall–Kier alpha value is -1.44. The second-order valence-corrected chi connectivity index (χ2v) is 7.15. The summed E-state index contributed by atoms with van der Waals surface area (Å²) in [7, 11) is -3.43. The molecule has 0 aromatic heterocycles. The van der Waals surface area contributed by atoms with E-state index in [9.17, 15) is 13.2 Å². The van der Waals surface area contributed by atoms with Crippen molar-refractivity contribution in [1.82, 2.24) is 4.31 Å². The first-order valence-corrected chi connectivity index (χ1v) is 8.59. The van der Waals surface area contributed by atoms with E-state index in [4.69, 9.17) is 0 Å². The monoisotopic (exact) mass is 312 g/mol. The minimum absolute atomic E-state index is 0.177. The third-order valence-corrected chi connectivity index (χ3v) is 5.65. The zero-order valence-electron chi connectivity index (χ0n) is 12.4. The van der Waals surface area contributed by atoms with E-state index in [1.807, 2.05) is 0 Å². The normalized spacial score (nSPS) is 17.6. The summed E-state index contributed by atoms with van der Waals surface area (Å²) in [5.41, 5.74) is 0.599. The summed E-state index contributed by atoms with van der Waals surface area (Å²) in [5.74, 6) is -0.177. The molecule has 2 N–H and O–H groups in total. The van der Waals surface area contributed by atoms with Gasteiger partial charge in [0.2, 0.25) is 15.9 Å². The van der Waals surface area contributed by atoms with Crippen molar-refractivity contribution in [2.45, 2.75) is 18.7 Å². The number of hydrogen-bond donors (Lipinski definition) is 2. The average molecular weight is 312 g/mol. The van der Waals surface area contributed by atoms with Crippen LogP contribution in [-0.2, 0) is 14.8 Å². The number of nitrogens with zero attached hydrogens (tertiary/aromatic N) is 1. The zero-order chi connectivity index (χ0) is 15.5. The number of anilines is 1. The van der Waals surface area contributed by atoms with Crippen LogP contribution in [0.3, 0.4) is 0 Å². The number of amides is 1. The van der Waals surface area contributed by atoms with Gasteiger partial charge in [0.05, 0.1) is 37.6 Å². The van der Waals surface area contributed by atoms with Crippen molar-refractivity contribution >= 4 is 21.6 Å². The molecule has 0 radical (unpaired) electrons. The molecule has 0 saturated carbocycles. The fourth-order valence-corrected chi connectivity index (χ4v) is 3.90. The highest BCUT2D eigenvalue weighted by atomic mass is 32.2. The third-order valence-electron chi connectivity index (χ3n) is 3.74. The highest BCUT2D eigenvalue weighted by Crippen LogP contribution is 2.18. The summed E-state index contributed by atoms with van der Waals surface area (Å²) in [5, 5.41) is 2.63. The smallest absolute Gasteiger partial charge is 0.243 e. The van der Waals surface area contributed by atoms with Gasteiger partial charge < -0.3 is 10.2 Å². The number of quaternary nitrogens is 1. The van der Waals surface area contributed by atoms with Crippen molar-refractivity contribution in [3.63, 3.8) is 0 Å². The topological polar surface area (TPSA) is 70.9 Å². The van der Waals surface area contributed by atoms with E-state index in [-0.39, 0.29) is 10.8 Å². The summed E-state index contributed by atoms with van der Waals surface area (Å²) < 4.78 is 26.6. The quantitative estimate of drug-likeness (QED) is 0.791. The summed E-state index contributed by atoms with van der Waals surface area (Å²) in [4.78, 5) is 12.7. The number of carbonyl (C=O) groups is 1. The van der Waals surface area contributed by atoms with Crippen LogP contribution in [0, 0.1) is 0 Å². The molecule has 1 saturated heterocycles. The van der Waals surface area contributed by atoms with Crippen LogP contribution in [-0.4, -0.2) is 51.4 Å². The van der Waals surface area contributed by atoms with Gasteiger partial charge in [-0.25, -0.2) is 8.42 Å². The molecule has 1 fully saturated rings. The van der Waals surface area contributed by atoms with Crippen LogP contribution in [0.4, 0.5) is 5.69 Å². The summed E-state index contributed by atoms with van der Waals surface area (Å²) >= 11 is 0. The van der Waals surface area contributed by atoms with E-state index in [1.54, 1.807) is 28.6 Å². The van der Waals surface area contributed by atoms with Crippen LogP contribution in [0.2, 0.25) is 0 Å². The minimum Gasteiger partial charge on any atom is -0.333 e. The Labute approximate surface area is 125 Å². The van der Waals surface area contributed by atoms with Crippen molar-refractivity contribution in [3.8, 4) is 0 Å². The SMILES string of the molecule is CC[NH+]1CCN(S(=O)(=O)c2ccc(NC(C)=O)cc2)CC1. The van der Waals surface area contributed by atoms with E-state index in [0.717, 1.165) is 19.6 Å².